The van der Waals surface area contributed by atoms with Gasteiger partial charge in [-0.1, -0.05) is 36.2 Å². The molecule has 0 radical (unpaired) electrons. The van der Waals surface area contributed by atoms with E-state index in [4.69, 9.17) is 0 Å². The van der Waals surface area contributed by atoms with E-state index >= 15 is 0 Å². The van der Waals surface area contributed by atoms with E-state index in [1.807, 2.05) is 0 Å². The van der Waals surface area contributed by atoms with Crippen LogP contribution in [0.5, 0.6) is 0 Å². The van der Waals surface area contributed by atoms with Crippen molar-refractivity contribution in [1.29, 1.82) is 0 Å². The molecule has 1 aromatic carbocycles. The Labute approximate surface area is 114 Å². The monoisotopic (exact) mass is 259 g/mol. The van der Waals surface area contributed by atoms with Gasteiger partial charge in [-0.05, 0) is 37.2 Å². The van der Waals surface area contributed by atoms with E-state index in [1.54, 1.807) is 0 Å². The van der Waals surface area contributed by atoms with Crippen molar-refractivity contribution in [3.8, 4) is 0 Å². The normalized spacial score (nSPS) is 30.5. The lowest BCUT2D eigenvalue weighted by molar-refractivity contribution is -0.143. The number of aliphatic carboxylic acids is 1. The Hall–Kier alpha value is -1.35. The number of fused-ring (bicyclic) bond motifs is 1. The fourth-order valence-electron chi connectivity index (χ4n) is 3.94. The van der Waals surface area contributed by atoms with E-state index < -0.39 is 5.97 Å². The largest absolute Gasteiger partial charge is 0.480 e. The van der Waals surface area contributed by atoms with E-state index in [0.29, 0.717) is 11.8 Å². The number of rotatable bonds is 3. The maximum atomic E-state index is 11.6. The van der Waals surface area contributed by atoms with Crippen molar-refractivity contribution in [3.05, 3.63) is 35.4 Å². The van der Waals surface area contributed by atoms with Crippen LogP contribution in [0.15, 0.2) is 24.3 Å². The summed E-state index contributed by atoms with van der Waals surface area (Å²) in [7, 11) is 0. The number of aryl methyl sites for hydroxylation is 1. The fourth-order valence-corrected chi connectivity index (χ4v) is 3.94. The van der Waals surface area contributed by atoms with Gasteiger partial charge < -0.3 is 5.11 Å². The lowest BCUT2D eigenvalue weighted by Gasteiger charge is -2.24. The predicted octanol–water partition coefficient (Wildman–Crippen LogP) is 2.68. The van der Waals surface area contributed by atoms with E-state index in [2.05, 4.69) is 36.1 Å². The standard InChI is InChI=1S/C16H21NO2/c1-11-4-2-5-12(8-11)9-17-10-13-6-3-7-14(13)15(17)16(18)19/h2,4-5,8,13-15H,3,6-7,9-10H2,1H3,(H,18,19). The summed E-state index contributed by atoms with van der Waals surface area (Å²) in [5, 5.41) is 9.52. The predicted molar refractivity (Wildman–Crippen MR) is 73.8 cm³/mol. The molecule has 0 spiro atoms. The Balaban J connectivity index is 1.78. The highest BCUT2D eigenvalue weighted by Gasteiger charge is 2.47. The lowest BCUT2D eigenvalue weighted by atomic mass is 9.94. The third kappa shape index (κ3) is 2.39. The molecule has 0 aromatic heterocycles. The average Bonchev–Trinajstić information content (AvgIpc) is 2.88. The molecule has 2 aliphatic rings. The van der Waals surface area contributed by atoms with Gasteiger partial charge in [-0.2, -0.15) is 0 Å². The first-order valence-corrected chi connectivity index (χ1v) is 7.17. The zero-order valence-electron chi connectivity index (χ0n) is 11.4. The van der Waals surface area contributed by atoms with Crippen molar-refractivity contribution in [2.75, 3.05) is 6.54 Å². The molecule has 19 heavy (non-hydrogen) atoms. The van der Waals surface area contributed by atoms with E-state index in [9.17, 15) is 9.90 Å². The molecular formula is C16H21NO2. The van der Waals surface area contributed by atoms with Crippen molar-refractivity contribution in [3.63, 3.8) is 0 Å². The summed E-state index contributed by atoms with van der Waals surface area (Å²) in [5.41, 5.74) is 2.47. The molecule has 3 heteroatoms. The summed E-state index contributed by atoms with van der Waals surface area (Å²) < 4.78 is 0. The minimum absolute atomic E-state index is 0.270. The van der Waals surface area contributed by atoms with Crippen LogP contribution < -0.4 is 0 Å². The Morgan fingerprint density at radius 2 is 2.26 bits per heavy atom. The van der Waals surface area contributed by atoms with Crippen molar-refractivity contribution < 1.29 is 9.90 Å². The molecule has 2 fully saturated rings. The number of benzene rings is 1. The van der Waals surface area contributed by atoms with Crippen molar-refractivity contribution in [2.24, 2.45) is 11.8 Å². The van der Waals surface area contributed by atoms with Crippen LogP contribution in [-0.2, 0) is 11.3 Å². The Morgan fingerprint density at radius 3 is 3.00 bits per heavy atom. The Bertz CT molecular complexity index is 485. The quantitative estimate of drug-likeness (QED) is 0.907. The molecule has 1 aromatic rings. The van der Waals surface area contributed by atoms with Crippen LogP contribution in [-0.4, -0.2) is 28.6 Å². The van der Waals surface area contributed by atoms with Crippen LogP contribution in [0.2, 0.25) is 0 Å². The van der Waals surface area contributed by atoms with Gasteiger partial charge in [0.05, 0.1) is 0 Å². The third-order valence-electron chi connectivity index (χ3n) is 4.71. The number of carboxylic acids is 1. The van der Waals surface area contributed by atoms with Gasteiger partial charge in [-0.25, -0.2) is 0 Å². The highest BCUT2D eigenvalue weighted by Crippen LogP contribution is 2.42. The van der Waals surface area contributed by atoms with Gasteiger partial charge in [0.1, 0.15) is 6.04 Å². The van der Waals surface area contributed by atoms with Gasteiger partial charge >= 0.3 is 5.97 Å². The van der Waals surface area contributed by atoms with Crippen LogP contribution in [0.4, 0.5) is 0 Å². The van der Waals surface area contributed by atoms with Gasteiger partial charge in [0.15, 0.2) is 0 Å². The molecule has 1 aliphatic carbocycles. The van der Waals surface area contributed by atoms with Gasteiger partial charge in [0.2, 0.25) is 0 Å². The van der Waals surface area contributed by atoms with Crippen molar-refractivity contribution in [1.82, 2.24) is 4.90 Å². The molecule has 0 bridgehead atoms. The molecule has 1 heterocycles. The van der Waals surface area contributed by atoms with Crippen LogP contribution in [0.3, 0.4) is 0 Å². The number of hydrogen-bond donors (Lipinski definition) is 1. The molecule has 3 unspecified atom stereocenters. The second-order valence-electron chi connectivity index (χ2n) is 6.06. The number of carbonyl (C=O) groups is 1. The van der Waals surface area contributed by atoms with Crippen molar-refractivity contribution >= 4 is 5.97 Å². The topological polar surface area (TPSA) is 40.5 Å². The van der Waals surface area contributed by atoms with Crippen LogP contribution in [0.1, 0.15) is 30.4 Å². The van der Waals surface area contributed by atoms with Crippen LogP contribution >= 0.6 is 0 Å². The van der Waals surface area contributed by atoms with E-state index in [0.717, 1.165) is 19.5 Å². The zero-order chi connectivity index (χ0) is 13.4. The molecule has 1 saturated carbocycles. The number of carboxylic acid groups (broad SMARTS) is 1. The highest BCUT2D eigenvalue weighted by molar-refractivity contribution is 5.74. The van der Waals surface area contributed by atoms with Crippen molar-refractivity contribution in [2.45, 2.75) is 38.8 Å². The molecule has 3 atom stereocenters. The number of hydrogen-bond acceptors (Lipinski definition) is 2. The summed E-state index contributed by atoms with van der Waals surface area (Å²) >= 11 is 0. The molecular weight excluding hydrogens is 238 g/mol. The summed E-state index contributed by atoms with van der Waals surface area (Å²) in [5.74, 6) is 0.343. The summed E-state index contributed by atoms with van der Waals surface area (Å²) in [6.45, 7) is 3.80. The molecule has 1 N–H and O–H groups in total. The molecule has 102 valence electrons. The highest BCUT2D eigenvalue weighted by atomic mass is 16.4. The second kappa shape index (κ2) is 4.97. The summed E-state index contributed by atoms with van der Waals surface area (Å²) in [4.78, 5) is 13.7. The SMILES string of the molecule is Cc1cccc(CN2CC3CCCC3C2C(=O)O)c1. The van der Waals surface area contributed by atoms with Gasteiger partial charge in [-0.15, -0.1) is 0 Å². The second-order valence-corrected chi connectivity index (χ2v) is 6.06. The Morgan fingerprint density at radius 1 is 1.42 bits per heavy atom. The Kier molecular flexibility index (Phi) is 3.31. The van der Waals surface area contributed by atoms with Gasteiger partial charge in [0, 0.05) is 13.1 Å². The minimum atomic E-state index is -0.637. The first kappa shape index (κ1) is 12.7. The summed E-state index contributed by atoms with van der Waals surface area (Å²) in [6, 6.07) is 8.12. The molecule has 1 saturated heterocycles. The van der Waals surface area contributed by atoms with Gasteiger partial charge in [-0.3, -0.25) is 9.69 Å². The molecule has 1 aliphatic heterocycles. The smallest absolute Gasteiger partial charge is 0.321 e. The molecule has 0 amide bonds. The first-order valence-electron chi connectivity index (χ1n) is 7.17. The maximum absolute atomic E-state index is 11.6. The third-order valence-corrected chi connectivity index (χ3v) is 4.71. The number of nitrogens with zero attached hydrogens (tertiary/aromatic N) is 1. The average molecular weight is 259 g/mol. The van der Waals surface area contributed by atoms with Crippen LogP contribution in [0, 0.1) is 18.8 Å². The summed E-state index contributed by atoms with van der Waals surface area (Å²) in [6.07, 6.45) is 3.50. The molecule has 3 nitrogen and oxygen atoms in total. The number of likely N-dealkylation sites (tertiary alicyclic amines) is 1. The maximum Gasteiger partial charge on any atom is 0.321 e. The molecule has 3 rings (SSSR count). The first-order chi connectivity index (χ1) is 9.15. The lowest BCUT2D eigenvalue weighted by Crippen LogP contribution is -2.39. The van der Waals surface area contributed by atoms with Crippen LogP contribution in [0.25, 0.3) is 0 Å². The minimum Gasteiger partial charge on any atom is -0.480 e. The van der Waals surface area contributed by atoms with Gasteiger partial charge in [0.25, 0.3) is 0 Å². The zero-order valence-corrected chi connectivity index (χ0v) is 11.4. The van der Waals surface area contributed by atoms with E-state index in [1.165, 1.54) is 24.0 Å². The fraction of sp³-hybridized carbons (Fsp3) is 0.562. The van der Waals surface area contributed by atoms with E-state index in [-0.39, 0.29) is 6.04 Å².